The third-order valence-electron chi connectivity index (χ3n) is 4.35. The molecule has 0 radical (unpaired) electrons. The van der Waals surface area contributed by atoms with Gasteiger partial charge in [0, 0.05) is 31.9 Å². The standard InChI is InChI=1S/C19H22N4/c1-15-4-2-5-16(12-15)14-23-10-7-18(8-11-23)22-19-17(13-20)6-3-9-21-19/h2-6,9,12,18H,7-8,10-11,14H2,1H3,(H,21,22). The van der Waals surface area contributed by atoms with Crippen LogP contribution in [0.25, 0.3) is 0 Å². The Morgan fingerprint density at radius 3 is 2.83 bits per heavy atom. The fourth-order valence-electron chi connectivity index (χ4n) is 3.11. The third-order valence-corrected chi connectivity index (χ3v) is 4.35. The molecule has 1 aromatic heterocycles. The van der Waals surface area contributed by atoms with E-state index in [0.29, 0.717) is 17.4 Å². The number of nitriles is 1. The Balaban J connectivity index is 1.53. The summed E-state index contributed by atoms with van der Waals surface area (Å²) < 4.78 is 0. The van der Waals surface area contributed by atoms with Crippen molar-refractivity contribution in [3.63, 3.8) is 0 Å². The molecule has 0 bridgehead atoms. The molecule has 0 atom stereocenters. The molecule has 1 N–H and O–H groups in total. The quantitative estimate of drug-likeness (QED) is 0.941. The Morgan fingerprint density at radius 1 is 1.26 bits per heavy atom. The number of likely N-dealkylation sites (tertiary alicyclic amines) is 1. The van der Waals surface area contributed by atoms with E-state index in [1.54, 1.807) is 12.3 Å². The van der Waals surface area contributed by atoms with Crippen molar-refractivity contribution in [2.24, 2.45) is 0 Å². The molecule has 1 aliphatic heterocycles. The van der Waals surface area contributed by atoms with Crippen molar-refractivity contribution in [3.05, 3.63) is 59.3 Å². The summed E-state index contributed by atoms with van der Waals surface area (Å²) in [5.74, 6) is 0.715. The second kappa shape index (κ2) is 7.26. The van der Waals surface area contributed by atoms with Crippen molar-refractivity contribution < 1.29 is 0 Å². The number of anilines is 1. The normalized spacial score (nSPS) is 16.0. The second-order valence-electron chi connectivity index (χ2n) is 6.20. The highest BCUT2D eigenvalue weighted by Crippen LogP contribution is 2.19. The molecule has 118 valence electrons. The summed E-state index contributed by atoms with van der Waals surface area (Å²) in [6, 6.07) is 14.9. The fraction of sp³-hybridized carbons (Fsp3) is 0.368. The maximum Gasteiger partial charge on any atom is 0.144 e. The first-order valence-electron chi connectivity index (χ1n) is 8.14. The molecule has 0 unspecified atom stereocenters. The number of aromatic nitrogens is 1. The van der Waals surface area contributed by atoms with E-state index >= 15 is 0 Å². The molecule has 1 aromatic carbocycles. The van der Waals surface area contributed by atoms with Gasteiger partial charge in [-0.15, -0.1) is 0 Å². The molecule has 0 aliphatic carbocycles. The molecule has 1 saturated heterocycles. The lowest BCUT2D eigenvalue weighted by molar-refractivity contribution is 0.211. The van der Waals surface area contributed by atoms with Crippen LogP contribution in [0.3, 0.4) is 0 Å². The van der Waals surface area contributed by atoms with Crippen LogP contribution in [0.2, 0.25) is 0 Å². The zero-order valence-electron chi connectivity index (χ0n) is 13.5. The van der Waals surface area contributed by atoms with Crippen LogP contribution < -0.4 is 5.32 Å². The monoisotopic (exact) mass is 306 g/mol. The van der Waals surface area contributed by atoms with Gasteiger partial charge in [0.1, 0.15) is 11.9 Å². The van der Waals surface area contributed by atoms with Gasteiger partial charge in [-0.25, -0.2) is 4.98 Å². The van der Waals surface area contributed by atoms with Gasteiger partial charge in [-0.3, -0.25) is 4.90 Å². The number of nitrogens with one attached hydrogen (secondary N) is 1. The molecular weight excluding hydrogens is 284 g/mol. The van der Waals surface area contributed by atoms with Gasteiger partial charge in [-0.1, -0.05) is 29.8 Å². The number of benzene rings is 1. The van der Waals surface area contributed by atoms with Crippen molar-refractivity contribution in [3.8, 4) is 6.07 Å². The van der Waals surface area contributed by atoms with Crippen molar-refractivity contribution in [2.75, 3.05) is 18.4 Å². The molecule has 23 heavy (non-hydrogen) atoms. The number of piperidine rings is 1. The Kier molecular flexibility index (Phi) is 4.89. The van der Waals surface area contributed by atoms with Crippen LogP contribution in [0.4, 0.5) is 5.82 Å². The summed E-state index contributed by atoms with van der Waals surface area (Å²) in [5, 5.41) is 12.6. The predicted molar refractivity (Wildman–Crippen MR) is 92.1 cm³/mol. The van der Waals surface area contributed by atoms with Gasteiger partial charge in [0.2, 0.25) is 0 Å². The van der Waals surface area contributed by atoms with Gasteiger partial charge in [0.15, 0.2) is 0 Å². The fourth-order valence-corrected chi connectivity index (χ4v) is 3.11. The molecule has 0 spiro atoms. The SMILES string of the molecule is Cc1cccc(CN2CCC(Nc3ncccc3C#N)CC2)c1. The van der Waals surface area contributed by atoms with Crippen molar-refractivity contribution in [2.45, 2.75) is 32.4 Å². The summed E-state index contributed by atoms with van der Waals surface area (Å²) in [6.45, 7) is 5.29. The first-order valence-corrected chi connectivity index (χ1v) is 8.14. The van der Waals surface area contributed by atoms with Crippen molar-refractivity contribution >= 4 is 5.82 Å². The Hall–Kier alpha value is -2.38. The first-order chi connectivity index (χ1) is 11.2. The zero-order chi connectivity index (χ0) is 16.1. The summed E-state index contributed by atoms with van der Waals surface area (Å²) in [6.07, 6.45) is 3.89. The Labute approximate surface area is 137 Å². The largest absolute Gasteiger partial charge is 0.366 e. The zero-order valence-corrected chi connectivity index (χ0v) is 13.5. The number of hydrogen-bond acceptors (Lipinski definition) is 4. The molecule has 2 aromatic rings. The lowest BCUT2D eigenvalue weighted by Gasteiger charge is -2.32. The highest BCUT2D eigenvalue weighted by molar-refractivity contribution is 5.51. The molecule has 2 heterocycles. The van der Waals surface area contributed by atoms with Crippen LogP contribution in [0, 0.1) is 18.3 Å². The number of rotatable bonds is 4. The van der Waals surface area contributed by atoms with Crippen molar-refractivity contribution in [1.82, 2.24) is 9.88 Å². The molecule has 1 fully saturated rings. The number of nitrogens with zero attached hydrogens (tertiary/aromatic N) is 3. The average molecular weight is 306 g/mol. The summed E-state index contributed by atoms with van der Waals surface area (Å²) in [7, 11) is 0. The van der Waals surface area contributed by atoms with E-state index in [4.69, 9.17) is 5.26 Å². The summed E-state index contributed by atoms with van der Waals surface area (Å²) in [5.41, 5.74) is 3.32. The van der Waals surface area contributed by atoms with Crippen molar-refractivity contribution in [1.29, 1.82) is 5.26 Å². The maximum atomic E-state index is 9.14. The second-order valence-corrected chi connectivity index (χ2v) is 6.20. The van der Waals surface area contributed by atoms with E-state index < -0.39 is 0 Å². The summed E-state index contributed by atoms with van der Waals surface area (Å²) >= 11 is 0. The smallest absolute Gasteiger partial charge is 0.144 e. The Morgan fingerprint density at radius 2 is 2.09 bits per heavy atom. The van der Waals surface area contributed by atoms with E-state index in [-0.39, 0.29) is 0 Å². The van der Waals surface area contributed by atoms with Gasteiger partial charge in [-0.05, 0) is 37.5 Å². The van der Waals surface area contributed by atoms with Gasteiger partial charge in [-0.2, -0.15) is 5.26 Å². The topological polar surface area (TPSA) is 52.0 Å². The number of hydrogen-bond donors (Lipinski definition) is 1. The molecule has 4 nitrogen and oxygen atoms in total. The number of aryl methyl sites for hydroxylation is 1. The van der Waals surface area contributed by atoms with Gasteiger partial charge < -0.3 is 5.32 Å². The minimum absolute atomic E-state index is 0.394. The lowest BCUT2D eigenvalue weighted by Crippen LogP contribution is -2.38. The van der Waals surface area contributed by atoms with Gasteiger partial charge in [0.25, 0.3) is 0 Å². The van der Waals surface area contributed by atoms with Crippen LogP contribution in [0.1, 0.15) is 29.5 Å². The summed E-state index contributed by atoms with van der Waals surface area (Å²) in [4.78, 5) is 6.79. The molecule has 4 heteroatoms. The van der Waals surface area contributed by atoms with Crippen LogP contribution in [-0.4, -0.2) is 29.0 Å². The molecular formula is C19H22N4. The minimum Gasteiger partial charge on any atom is -0.366 e. The van der Waals surface area contributed by atoms with E-state index in [0.717, 1.165) is 32.5 Å². The third kappa shape index (κ3) is 4.08. The first kappa shape index (κ1) is 15.5. The van der Waals surface area contributed by atoms with Crippen LogP contribution in [0.5, 0.6) is 0 Å². The van der Waals surface area contributed by atoms with Gasteiger partial charge in [0.05, 0.1) is 5.56 Å². The highest BCUT2D eigenvalue weighted by Gasteiger charge is 2.20. The molecule has 3 rings (SSSR count). The van der Waals surface area contributed by atoms with E-state index in [2.05, 4.69) is 52.5 Å². The van der Waals surface area contributed by atoms with E-state index in [9.17, 15) is 0 Å². The highest BCUT2D eigenvalue weighted by atomic mass is 15.1. The minimum atomic E-state index is 0.394. The van der Waals surface area contributed by atoms with Crippen LogP contribution in [-0.2, 0) is 6.54 Å². The maximum absolute atomic E-state index is 9.14. The Bertz CT molecular complexity index is 697. The van der Waals surface area contributed by atoms with E-state index in [1.165, 1.54) is 11.1 Å². The van der Waals surface area contributed by atoms with E-state index in [1.807, 2.05) is 6.07 Å². The molecule has 0 saturated carbocycles. The van der Waals surface area contributed by atoms with Gasteiger partial charge >= 0.3 is 0 Å². The average Bonchev–Trinajstić information content (AvgIpc) is 2.57. The van der Waals surface area contributed by atoms with Crippen LogP contribution in [0.15, 0.2) is 42.6 Å². The predicted octanol–water partition coefficient (Wildman–Crippen LogP) is 3.34. The molecule has 1 aliphatic rings. The lowest BCUT2D eigenvalue weighted by atomic mass is 10.0. The van der Waals surface area contributed by atoms with Crippen LogP contribution >= 0.6 is 0 Å². The molecule has 0 amide bonds. The number of pyridine rings is 1.